The Labute approximate surface area is 148 Å². The summed E-state index contributed by atoms with van der Waals surface area (Å²) in [4.78, 5) is 0. The van der Waals surface area contributed by atoms with Gasteiger partial charge in [0, 0.05) is 0 Å². The van der Waals surface area contributed by atoms with E-state index in [9.17, 15) is 0 Å². The van der Waals surface area contributed by atoms with Gasteiger partial charge in [-0.2, -0.15) is 0 Å². The van der Waals surface area contributed by atoms with Crippen LogP contribution in [-0.2, 0) is 10.8 Å². The molecule has 2 aromatic carbocycles. The molecule has 0 spiro atoms. The van der Waals surface area contributed by atoms with Gasteiger partial charge in [0.1, 0.15) is 0 Å². The van der Waals surface area contributed by atoms with Crippen molar-refractivity contribution in [1.82, 2.24) is 0 Å². The molecule has 1 atom stereocenters. The predicted octanol–water partition coefficient (Wildman–Crippen LogP) is 7.10. The summed E-state index contributed by atoms with van der Waals surface area (Å²) < 4.78 is 0. The molecule has 0 heteroatoms. The lowest BCUT2D eigenvalue weighted by atomic mass is 9.85. The standard InChI is InChI=1S/C24H32/c1-18(20-12-16-22(17-13-20)24(5,6)7)8-9-19-10-14-21(15-11-19)23(2,3)4/h8-18H,1-7H3. The molecule has 0 aliphatic carbocycles. The highest BCUT2D eigenvalue weighted by atomic mass is 14.2. The van der Waals surface area contributed by atoms with Crippen molar-refractivity contribution in [3.8, 4) is 0 Å². The minimum absolute atomic E-state index is 0.213. The average Bonchev–Trinajstić information content (AvgIpc) is 2.51. The largest absolute Gasteiger partial charge is 0.0767 e. The fraction of sp³-hybridized carbons (Fsp3) is 0.417. The van der Waals surface area contributed by atoms with Crippen LogP contribution in [0.25, 0.3) is 6.08 Å². The number of benzene rings is 2. The van der Waals surface area contributed by atoms with Gasteiger partial charge in [-0.15, -0.1) is 0 Å². The lowest BCUT2D eigenvalue weighted by molar-refractivity contribution is 0.589. The average molecular weight is 321 g/mol. The van der Waals surface area contributed by atoms with Crippen LogP contribution in [0.5, 0.6) is 0 Å². The van der Waals surface area contributed by atoms with Crippen molar-refractivity contribution in [2.75, 3.05) is 0 Å². The summed E-state index contributed by atoms with van der Waals surface area (Å²) in [6.45, 7) is 15.8. The molecule has 0 saturated carbocycles. The summed E-state index contributed by atoms with van der Waals surface area (Å²) >= 11 is 0. The Morgan fingerprint density at radius 3 is 1.50 bits per heavy atom. The Kier molecular flexibility index (Phi) is 5.38. The summed E-state index contributed by atoms with van der Waals surface area (Å²) in [6, 6.07) is 18.0. The van der Waals surface area contributed by atoms with E-state index in [4.69, 9.17) is 0 Å². The molecular weight excluding hydrogens is 288 g/mol. The van der Waals surface area contributed by atoms with Gasteiger partial charge in [-0.25, -0.2) is 0 Å². The molecule has 0 saturated heterocycles. The zero-order valence-electron chi connectivity index (χ0n) is 16.4. The van der Waals surface area contributed by atoms with E-state index in [1.165, 1.54) is 22.3 Å². The maximum atomic E-state index is 2.29. The van der Waals surface area contributed by atoms with E-state index in [-0.39, 0.29) is 10.8 Å². The number of hydrogen-bond donors (Lipinski definition) is 0. The van der Waals surface area contributed by atoms with Gasteiger partial charge in [-0.1, -0.05) is 109 Å². The van der Waals surface area contributed by atoms with E-state index in [1.54, 1.807) is 0 Å². The van der Waals surface area contributed by atoms with Gasteiger partial charge >= 0.3 is 0 Å². The van der Waals surface area contributed by atoms with Gasteiger partial charge in [-0.3, -0.25) is 0 Å². The fourth-order valence-electron chi connectivity index (χ4n) is 2.75. The molecule has 128 valence electrons. The quantitative estimate of drug-likeness (QED) is 0.566. The van der Waals surface area contributed by atoms with Crippen molar-refractivity contribution in [1.29, 1.82) is 0 Å². The van der Waals surface area contributed by atoms with Crippen molar-refractivity contribution >= 4 is 6.08 Å². The minimum Gasteiger partial charge on any atom is -0.0767 e. The summed E-state index contributed by atoms with van der Waals surface area (Å²) in [5.41, 5.74) is 5.83. The van der Waals surface area contributed by atoms with Crippen LogP contribution in [0.15, 0.2) is 54.6 Å². The molecule has 24 heavy (non-hydrogen) atoms. The molecule has 0 nitrogen and oxygen atoms in total. The molecule has 0 N–H and O–H groups in total. The normalized spacial score (nSPS) is 14.1. The Balaban J connectivity index is 2.08. The first-order chi connectivity index (χ1) is 11.1. The van der Waals surface area contributed by atoms with Gasteiger partial charge in [0.2, 0.25) is 0 Å². The highest BCUT2D eigenvalue weighted by Crippen LogP contribution is 2.26. The second-order valence-electron chi connectivity index (χ2n) is 8.89. The fourth-order valence-corrected chi connectivity index (χ4v) is 2.75. The number of hydrogen-bond acceptors (Lipinski definition) is 0. The number of allylic oxidation sites excluding steroid dienone is 1. The van der Waals surface area contributed by atoms with Gasteiger partial charge in [0.15, 0.2) is 0 Å². The Morgan fingerprint density at radius 2 is 1.08 bits per heavy atom. The van der Waals surface area contributed by atoms with E-state index in [0.29, 0.717) is 5.92 Å². The Morgan fingerprint density at radius 1 is 0.667 bits per heavy atom. The molecule has 1 unspecified atom stereocenters. The van der Waals surface area contributed by atoms with E-state index in [2.05, 4.69) is 109 Å². The molecule has 0 aliphatic heterocycles. The molecule has 0 amide bonds. The number of rotatable bonds is 3. The zero-order valence-corrected chi connectivity index (χ0v) is 16.4. The summed E-state index contributed by atoms with van der Waals surface area (Å²) in [6.07, 6.45) is 4.52. The van der Waals surface area contributed by atoms with E-state index >= 15 is 0 Å². The molecule has 0 bridgehead atoms. The van der Waals surface area contributed by atoms with Crippen molar-refractivity contribution in [2.24, 2.45) is 0 Å². The molecule has 2 rings (SSSR count). The molecule has 0 aromatic heterocycles. The highest BCUT2D eigenvalue weighted by Gasteiger charge is 2.14. The highest BCUT2D eigenvalue weighted by molar-refractivity contribution is 5.51. The lowest BCUT2D eigenvalue weighted by Gasteiger charge is -2.20. The maximum absolute atomic E-state index is 2.29. The van der Waals surface area contributed by atoms with Crippen LogP contribution < -0.4 is 0 Å². The topological polar surface area (TPSA) is 0 Å². The van der Waals surface area contributed by atoms with Crippen LogP contribution >= 0.6 is 0 Å². The summed E-state index contributed by atoms with van der Waals surface area (Å²) in [5.74, 6) is 0.418. The molecule has 0 fully saturated rings. The van der Waals surface area contributed by atoms with Gasteiger partial charge < -0.3 is 0 Å². The van der Waals surface area contributed by atoms with E-state index in [1.807, 2.05) is 0 Å². The zero-order chi connectivity index (χ0) is 18.0. The van der Waals surface area contributed by atoms with Crippen molar-refractivity contribution in [3.05, 3.63) is 76.9 Å². The van der Waals surface area contributed by atoms with Crippen molar-refractivity contribution < 1.29 is 0 Å². The van der Waals surface area contributed by atoms with Crippen LogP contribution in [-0.4, -0.2) is 0 Å². The summed E-state index contributed by atoms with van der Waals surface area (Å²) in [7, 11) is 0. The first-order valence-electron chi connectivity index (χ1n) is 8.96. The molecule has 2 aromatic rings. The lowest BCUT2D eigenvalue weighted by Crippen LogP contribution is -2.10. The Bertz CT molecular complexity index is 671. The van der Waals surface area contributed by atoms with E-state index < -0.39 is 0 Å². The van der Waals surface area contributed by atoms with Crippen LogP contribution in [0.4, 0.5) is 0 Å². The third-order valence-electron chi connectivity index (χ3n) is 4.66. The van der Waals surface area contributed by atoms with Crippen LogP contribution in [0.2, 0.25) is 0 Å². The first-order valence-corrected chi connectivity index (χ1v) is 8.96. The van der Waals surface area contributed by atoms with Crippen LogP contribution in [0.1, 0.15) is 76.6 Å². The molecule has 0 heterocycles. The SMILES string of the molecule is CC(C=Cc1ccc(C(C)(C)C)cc1)c1ccc(C(C)(C)C)cc1. The second kappa shape index (κ2) is 6.97. The minimum atomic E-state index is 0.213. The van der Waals surface area contributed by atoms with Crippen LogP contribution in [0.3, 0.4) is 0 Å². The van der Waals surface area contributed by atoms with Crippen molar-refractivity contribution in [2.45, 2.75) is 65.2 Å². The van der Waals surface area contributed by atoms with Crippen LogP contribution in [0, 0.1) is 0 Å². The van der Waals surface area contributed by atoms with Crippen molar-refractivity contribution in [3.63, 3.8) is 0 Å². The second-order valence-corrected chi connectivity index (χ2v) is 8.89. The smallest absolute Gasteiger partial charge is 0.000710 e. The Hall–Kier alpha value is -1.82. The first kappa shape index (κ1) is 18.5. The molecular formula is C24H32. The maximum Gasteiger partial charge on any atom is -0.000710 e. The molecule has 0 radical (unpaired) electrons. The van der Waals surface area contributed by atoms with Gasteiger partial charge in [-0.05, 0) is 39.0 Å². The molecule has 0 aliphatic rings. The summed E-state index contributed by atoms with van der Waals surface area (Å²) in [5, 5.41) is 0. The van der Waals surface area contributed by atoms with E-state index in [0.717, 1.165) is 0 Å². The third kappa shape index (κ3) is 4.84. The monoisotopic (exact) mass is 320 g/mol. The van der Waals surface area contributed by atoms with Gasteiger partial charge in [0.25, 0.3) is 0 Å². The predicted molar refractivity (Wildman–Crippen MR) is 108 cm³/mol. The third-order valence-corrected chi connectivity index (χ3v) is 4.66. The van der Waals surface area contributed by atoms with Gasteiger partial charge in [0.05, 0.1) is 0 Å².